The number of H-pyrrole nitrogens is 1. The lowest BCUT2D eigenvalue weighted by Crippen LogP contribution is -1.85. The highest BCUT2D eigenvalue weighted by Crippen LogP contribution is 2.15. The zero-order chi connectivity index (χ0) is 8.55. The quantitative estimate of drug-likeness (QED) is 0.532. The number of thioether (sulfide) groups is 1. The van der Waals surface area contributed by atoms with Crippen LogP contribution < -0.4 is 0 Å². The molecule has 62 valence electrons. The van der Waals surface area contributed by atoms with Crippen molar-refractivity contribution in [3.8, 4) is 0 Å². The van der Waals surface area contributed by atoms with Gasteiger partial charge in [-0.05, 0) is 13.2 Å². The molecule has 0 saturated heterocycles. The van der Waals surface area contributed by atoms with Crippen molar-refractivity contribution in [2.45, 2.75) is 12.1 Å². The molecule has 4 nitrogen and oxygen atoms in total. The highest BCUT2D eigenvalue weighted by Gasteiger charge is 2.03. The van der Waals surface area contributed by atoms with E-state index in [0.29, 0.717) is 0 Å². The maximum absolute atomic E-state index is 4.25. The van der Waals surface area contributed by atoms with Crippen molar-refractivity contribution >= 4 is 22.8 Å². The van der Waals surface area contributed by atoms with Gasteiger partial charge in [-0.3, -0.25) is 5.10 Å². The Morgan fingerprint density at radius 1 is 1.50 bits per heavy atom. The summed E-state index contributed by atoms with van der Waals surface area (Å²) in [6.45, 7) is 1.93. The average molecular weight is 180 g/mol. The van der Waals surface area contributed by atoms with E-state index in [0.717, 1.165) is 21.9 Å². The van der Waals surface area contributed by atoms with E-state index >= 15 is 0 Å². The Hall–Kier alpha value is -1.10. The zero-order valence-electron chi connectivity index (χ0n) is 6.83. The molecule has 2 aromatic heterocycles. The van der Waals surface area contributed by atoms with Crippen LogP contribution in [0.2, 0.25) is 0 Å². The molecule has 2 aromatic rings. The molecular weight excluding hydrogens is 172 g/mol. The topological polar surface area (TPSA) is 54.5 Å². The first-order chi connectivity index (χ1) is 5.81. The Balaban J connectivity index is 2.69. The van der Waals surface area contributed by atoms with Gasteiger partial charge in [-0.1, -0.05) is 11.8 Å². The summed E-state index contributed by atoms with van der Waals surface area (Å²) in [6, 6.07) is 0. The van der Waals surface area contributed by atoms with E-state index in [9.17, 15) is 0 Å². The first-order valence-electron chi connectivity index (χ1n) is 3.53. The molecule has 0 spiro atoms. The Kier molecular flexibility index (Phi) is 1.73. The standard InChI is InChI=1S/C7H8N4S/c1-4-5-3-8-7(12-2)9-6(5)11-10-4/h3H,1-2H3,(H,8,9,10,11). The number of nitrogens with one attached hydrogen (secondary N) is 1. The molecule has 0 aromatic carbocycles. The second-order valence-corrected chi connectivity index (χ2v) is 3.20. The van der Waals surface area contributed by atoms with Gasteiger partial charge in [0.15, 0.2) is 10.8 Å². The van der Waals surface area contributed by atoms with Gasteiger partial charge in [0.25, 0.3) is 0 Å². The van der Waals surface area contributed by atoms with E-state index in [-0.39, 0.29) is 0 Å². The predicted octanol–water partition coefficient (Wildman–Crippen LogP) is 1.38. The highest BCUT2D eigenvalue weighted by atomic mass is 32.2. The Morgan fingerprint density at radius 2 is 2.33 bits per heavy atom. The maximum Gasteiger partial charge on any atom is 0.189 e. The van der Waals surface area contributed by atoms with Crippen molar-refractivity contribution in [1.82, 2.24) is 20.2 Å². The summed E-state index contributed by atoms with van der Waals surface area (Å²) in [4.78, 5) is 8.40. The van der Waals surface area contributed by atoms with Gasteiger partial charge in [-0.2, -0.15) is 5.10 Å². The predicted molar refractivity (Wildman–Crippen MR) is 48.2 cm³/mol. The normalized spacial score (nSPS) is 10.8. The van der Waals surface area contributed by atoms with Gasteiger partial charge in [0.05, 0.1) is 11.1 Å². The molecule has 0 radical (unpaired) electrons. The summed E-state index contributed by atoms with van der Waals surface area (Å²) in [5.41, 5.74) is 1.75. The highest BCUT2D eigenvalue weighted by molar-refractivity contribution is 7.98. The van der Waals surface area contributed by atoms with Gasteiger partial charge < -0.3 is 0 Å². The van der Waals surface area contributed by atoms with E-state index in [1.807, 2.05) is 13.2 Å². The summed E-state index contributed by atoms with van der Waals surface area (Å²) in [7, 11) is 0. The van der Waals surface area contributed by atoms with Crippen molar-refractivity contribution in [2.24, 2.45) is 0 Å². The number of hydrogen-bond acceptors (Lipinski definition) is 4. The zero-order valence-corrected chi connectivity index (χ0v) is 7.64. The Morgan fingerprint density at radius 3 is 3.08 bits per heavy atom. The molecule has 0 atom stereocenters. The van der Waals surface area contributed by atoms with Crippen molar-refractivity contribution < 1.29 is 0 Å². The largest absolute Gasteiger partial charge is 0.260 e. The van der Waals surface area contributed by atoms with Crippen LogP contribution in [0.25, 0.3) is 11.0 Å². The van der Waals surface area contributed by atoms with E-state index in [2.05, 4.69) is 20.2 Å². The summed E-state index contributed by atoms with van der Waals surface area (Å²) in [6.07, 6.45) is 3.75. The van der Waals surface area contributed by atoms with Crippen LogP contribution in [0.15, 0.2) is 11.4 Å². The van der Waals surface area contributed by atoms with Gasteiger partial charge in [0.2, 0.25) is 0 Å². The number of hydrogen-bond donors (Lipinski definition) is 1. The first-order valence-corrected chi connectivity index (χ1v) is 4.75. The monoisotopic (exact) mass is 180 g/mol. The fraction of sp³-hybridized carbons (Fsp3) is 0.286. The molecule has 0 aliphatic carbocycles. The third-order valence-corrected chi connectivity index (χ3v) is 2.23. The second-order valence-electron chi connectivity index (χ2n) is 2.43. The lowest BCUT2D eigenvalue weighted by Gasteiger charge is -1.92. The minimum absolute atomic E-state index is 0.770. The average Bonchev–Trinajstić information content (AvgIpc) is 2.47. The molecule has 0 amide bonds. The van der Waals surface area contributed by atoms with E-state index in [4.69, 9.17) is 0 Å². The van der Waals surface area contributed by atoms with Crippen LogP contribution in [0.5, 0.6) is 0 Å². The number of aromatic amines is 1. The van der Waals surface area contributed by atoms with Crippen molar-refractivity contribution in [2.75, 3.05) is 6.26 Å². The van der Waals surface area contributed by atoms with Crippen LogP contribution in [0, 0.1) is 6.92 Å². The molecular formula is C7H8N4S. The summed E-state index contributed by atoms with van der Waals surface area (Å²) < 4.78 is 0. The first kappa shape index (κ1) is 7.54. The Bertz CT molecular complexity index is 409. The third kappa shape index (κ3) is 1.06. The van der Waals surface area contributed by atoms with Crippen LogP contribution in [0.1, 0.15) is 5.69 Å². The number of fused-ring (bicyclic) bond motifs is 1. The van der Waals surface area contributed by atoms with Gasteiger partial charge in [-0.15, -0.1) is 0 Å². The van der Waals surface area contributed by atoms with Crippen LogP contribution in [0.3, 0.4) is 0 Å². The van der Waals surface area contributed by atoms with Gasteiger partial charge in [0, 0.05) is 6.20 Å². The van der Waals surface area contributed by atoms with Crippen molar-refractivity contribution in [1.29, 1.82) is 0 Å². The van der Waals surface area contributed by atoms with Gasteiger partial charge >= 0.3 is 0 Å². The molecule has 0 fully saturated rings. The summed E-state index contributed by atoms with van der Waals surface area (Å²) >= 11 is 1.52. The summed E-state index contributed by atoms with van der Waals surface area (Å²) in [5, 5.41) is 8.65. The van der Waals surface area contributed by atoms with E-state index < -0.39 is 0 Å². The van der Waals surface area contributed by atoms with Crippen LogP contribution in [-0.4, -0.2) is 26.4 Å². The minimum Gasteiger partial charge on any atom is -0.260 e. The van der Waals surface area contributed by atoms with Crippen LogP contribution in [0.4, 0.5) is 0 Å². The molecule has 12 heavy (non-hydrogen) atoms. The molecule has 5 heteroatoms. The number of aryl methyl sites for hydroxylation is 1. The van der Waals surface area contributed by atoms with Gasteiger partial charge in [0.1, 0.15) is 0 Å². The molecule has 0 aliphatic rings. The maximum atomic E-state index is 4.25. The summed E-state index contributed by atoms with van der Waals surface area (Å²) in [5.74, 6) is 0. The number of nitrogens with zero attached hydrogens (tertiary/aromatic N) is 3. The molecule has 0 unspecified atom stereocenters. The fourth-order valence-electron chi connectivity index (χ4n) is 1.01. The SMILES string of the molecule is CSc1ncc2c(C)n[nH]c2n1. The van der Waals surface area contributed by atoms with Crippen LogP contribution in [-0.2, 0) is 0 Å². The smallest absolute Gasteiger partial charge is 0.189 e. The van der Waals surface area contributed by atoms with Gasteiger partial charge in [-0.25, -0.2) is 9.97 Å². The lowest BCUT2D eigenvalue weighted by molar-refractivity contribution is 0.982. The number of aromatic nitrogens is 4. The fourth-order valence-corrected chi connectivity index (χ4v) is 1.35. The Labute approximate surface area is 73.8 Å². The van der Waals surface area contributed by atoms with Crippen molar-refractivity contribution in [3.05, 3.63) is 11.9 Å². The molecule has 0 aliphatic heterocycles. The van der Waals surface area contributed by atoms with Crippen LogP contribution >= 0.6 is 11.8 Å². The second kappa shape index (κ2) is 2.75. The number of rotatable bonds is 1. The molecule has 0 bridgehead atoms. The van der Waals surface area contributed by atoms with E-state index in [1.165, 1.54) is 11.8 Å². The minimum atomic E-state index is 0.770. The molecule has 0 saturated carbocycles. The lowest BCUT2D eigenvalue weighted by atomic mass is 10.3. The molecule has 1 N–H and O–H groups in total. The molecule has 2 rings (SSSR count). The van der Waals surface area contributed by atoms with E-state index in [1.54, 1.807) is 6.20 Å². The molecule has 2 heterocycles. The van der Waals surface area contributed by atoms with Crippen molar-refractivity contribution in [3.63, 3.8) is 0 Å². The third-order valence-electron chi connectivity index (χ3n) is 1.67.